The molecule has 0 atom stereocenters. The van der Waals surface area contributed by atoms with Gasteiger partial charge in [0.2, 0.25) is 5.91 Å². The number of carbonyl (C=O) groups excluding carboxylic acids is 1. The van der Waals surface area contributed by atoms with E-state index in [-0.39, 0.29) is 18.2 Å². The van der Waals surface area contributed by atoms with Crippen molar-refractivity contribution in [2.24, 2.45) is 5.92 Å². The Morgan fingerprint density at radius 1 is 1.32 bits per heavy atom. The summed E-state index contributed by atoms with van der Waals surface area (Å²) in [7, 11) is 0. The number of carbonyl (C=O) groups is 2. The smallest absolute Gasteiger partial charge is 0.308 e. The second kappa shape index (κ2) is 7.02. The van der Waals surface area contributed by atoms with Crippen LogP contribution in [-0.4, -0.2) is 22.0 Å². The average Bonchev–Trinajstić information content (AvgIpc) is 2.81. The van der Waals surface area contributed by atoms with Gasteiger partial charge < -0.3 is 10.4 Å². The lowest BCUT2D eigenvalue weighted by atomic mass is 10.1. The van der Waals surface area contributed by atoms with Gasteiger partial charge in [-0.25, -0.2) is 4.98 Å². The summed E-state index contributed by atoms with van der Waals surface area (Å²) in [5.74, 6) is -1.23. The van der Waals surface area contributed by atoms with E-state index < -0.39 is 5.97 Å². The number of thiazole rings is 1. The highest BCUT2D eigenvalue weighted by atomic mass is 79.9. The molecule has 0 aliphatic carbocycles. The lowest BCUT2D eigenvalue weighted by molar-refractivity contribution is -0.136. The molecule has 0 saturated carbocycles. The van der Waals surface area contributed by atoms with Crippen LogP contribution in [0.3, 0.4) is 0 Å². The van der Waals surface area contributed by atoms with E-state index in [0.29, 0.717) is 15.7 Å². The van der Waals surface area contributed by atoms with E-state index in [1.165, 1.54) is 11.3 Å². The maximum absolute atomic E-state index is 11.8. The van der Waals surface area contributed by atoms with Gasteiger partial charge in [0.1, 0.15) is 0 Å². The third kappa shape index (κ3) is 4.14. The van der Waals surface area contributed by atoms with E-state index in [2.05, 4.69) is 26.2 Å². The van der Waals surface area contributed by atoms with Crippen LogP contribution in [0.1, 0.15) is 18.7 Å². The standard InChI is InChI=1S/C15H15BrN2O3S/c1-8(2)14(21)18-15-17-13(11(22-15)7-12(19)20)9-3-5-10(16)6-4-9/h3-6,8H,7H2,1-2H3,(H,19,20)(H,17,18,21). The van der Waals surface area contributed by atoms with E-state index in [4.69, 9.17) is 5.11 Å². The number of halogens is 1. The molecule has 1 amide bonds. The van der Waals surface area contributed by atoms with E-state index in [1.807, 2.05) is 24.3 Å². The quantitative estimate of drug-likeness (QED) is 0.823. The molecule has 7 heteroatoms. The molecule has 2 rings (SSSR count). The van der Waals surface area contributed by atoms with Crippen molar-refractivity contribution in [2.45, 2.75) is 20.3 Å². The van der Waals surface area contributed by atoms with Crippen LogP contribution in [0.15, 0.2) is 28.7 Å². The second-order valence-corrected chi connectivity index (χ2v) is 7.01. The van der Waals surface area contributed by atoms with Gasteiger partial charge >= 0.3 is 5.97 Å². The summed E-state index contributed by atoms with van der Waals surface area (Å²) in [4.78, 5) is 27.8. The van der Waals surface area contributed by atoms with Crippen molar-refractivity contribution in [3.8, 4) is 11.3 Å². The summed E-state index contributed by atoms with van der Waals surface area (Å²) in [6, 6.07) is 7.45. The van der Waals surface area contributed by atoms with Crippen molar-refractivity contribution in [3.63, 3.8) is 0 Å². The number of hydrogen-bond donors (Lipinski definition) is 2. The highest BCUT2D eigenvalue weighted by molar-refractivity contribution is 9.10. The molecule has 5 nitrogen and oxygen atoms in total. The van der Waals surface area contributed by atoms with Crippen LogP contribution < -0.4 is 5.32 Å². The molecular formula is C15H15BrN2O3S. The topological polar surface area (TPSA) is 79.3 Å². The van der Waals surface area contributed by atoms with E-state index in [0.717, 1.165) is 10.0 Å². The molecule has 2 N–H and O–H groups in total. The monoisotopic (exact) mass is 382 g/mol. The van der Waals surface area contributed by atoms with Crippen molar-refractivity contribution in [1.29, 1.82) is 0 Å². The minimum Gasteiger partial charge on any atom is -0.481 e. The molecule has 0 radical (unpaired) electrons. The predicted molar refractivity (Wildman–Crippen MR) is 90.1 cm³/mol. The Balaban J connectivity index is 2.37. The average molecular weight is 383 g/mol. The summed E-state index contributed by atoms with van der Waals surface area (Å²) in [5.41, 5.74) is 1.42. The van der Waals surface area contributed by atoms with Gasteiger partial charge in [0.25, 0.3) is 0 Å². The number of benzene rings is 1. The largest absolute Gasteiger partial charge is 0.481 e. The van der Waals surface area contributed by atoms with Crippen LogP contribution in [0.25, 0.3) is 11.3 Å². The number of aromatic nitrogens is 1. The van der Waals surface area contributed by atoms with E-state index >= 15 is 0 Å². The predicted octanol–water partition coefficient (Wildman–Crippen LogP) is 3.79. The van der Waals surface area contributed by atoms with Crippen LogP contribution in [0.2, 0.25) is 0 Å². The number of hydrogen-bond acceptors (Lipinski definition) is 4. The number of carboxylic acid groups (broad SMARTS) is 1. The molecule has 1 aromatic carbocycles. The maximum atomic E-state index is 11.8. The van der Waals surface area contributed by atoms with E-state index in [1.54, 1.807) is 13.8 Å². The van der Waals surface area contributed by atoms with Crippen LogP contribution in [0.4, 0.5) is 5.13 Å². The number of nitrogens with zero attached hydrogens (tertiary/aromatic N) is 1. The number of amides is 1. The minimum atomic E-state index is -0.927. The normalized spacial score (nSPS) is 10.7. The van der Waals surface area contributed by atoms with Crippen molar-refractivity contribution in [2.75, 3.05) is 5.32 Å². The molecule has 0 aliphatic rings. The Hall–Kier alpha value is -1.73. The summed E-state index contributed by atoms with van der Waals surface area (Å²) in [6.07, 6.45) is -0.124. The molecule has 116 valence electrons. The number of aliphatic carboxylic acids is 1. The van der Waals surface area contributed by atoms with Crippen molar-refractivity contribution < 1.29 is 14.7 Å². The van der Waals surface area contributed by atoms with Gasteiger partial charge in [0.15, 0.2) is 5.13 Å². The molecule has 1 heterocycles. The number of nitrogens with one attached hydrogen (secondary N) is 1. The molecule has 0 bridgehead atoms. The molecule has 22 heavy (non-hydrogen) atoms. The van der Waals surface area contributed by atoms with Crippen LogP contribution in [-0.2, 0) is 16.0 Å². The van der Waals surface area contributed by atoms with Gasteiger partial charge in [-0.2, -0.15) is 0 Å². The van der Waals surface area contributed by atoms with Gasteiger partial charge in [-0.1, -0.05) is 41.9 Å². The van der Waals surface area contributed by atoms with Crippen molar-refractivity contribution in [3.05, 3.63) is 33.6 Å². The summed E-state index contributed by atoms with van der Waals surface area (Å²) in [5, 5.41) is 12.2. The van der Waals surface area contributed by atoms with Gasteiger partial charge in [-0.05, 0) is 12.1 Å². The SMILES string of the molecule is CC(C)C(=O)Nc1nc(-c2ccc(Br)cc2)c(CC(=O)O)s1. The molecule has 0 saturated heterocycles. The van der Waals surface area contributed by atoms with Crippen LogP contribution >= 0.6 is 27.3 Å². The Morgan fingerprint density at radius 3 is 2.50 bits per heavy atom. The molecule has 0 aliphatic heterocycles. The van der Waals surface area contributed by atoms with E-state index in [9.17, 15) is 9.59 Å². The fourth-order valence-electron chi connectivity index (χ4n) is 1.75. The first kappa shape index (κ1) is 16.6. The first-order valence-corrected chi connectivity index (χ1v) is 8.26. The first-order valence-electron chi connectivity index (χ1n) is 6.65. The van der Waals surface area contributed by atoms with Crippen molar-refractivity contribution in [1.82, 2.24) is 4.98 Å². The molecule has 1 aromatic heterocycles. The Bertz CT molecular complexity index is 695. The minimum absolute atomic E-state index is 0.124. The van der Waals surface area contributed by atoms with Crippen LogP contribution in [0, 0.1) is 5.92 Å². The fourth-order valence-corrected chi connectivity index (χ4v) is 2.99. The van der Waals surface area contributed by atoms with Gasteiger partial charge in [-0.15, -0.1) is 11.3 Å². The second-order valence-electron chi connectivity index (χ2n) is 5.01. The van der Waals surface area contributed by atoms with Crippen LogP contribution in [0.5, 0.6) is 0 Å². The van der Waals surface area contributed by atoms with Gasteiger partial charge in [0.05, 0.1) is 12.1 Å². The molecule has 2 aromatic rings. The number of carboxylic acids is 1. The van der Waals surface area contributed by atoms with Crippen molar-refractivity contribution >= 4 is 44.3 Å². The lowest BCUT2D eigenvalue weighted by Crippen LogP contribution is -2.17. The zero-order chi connectivity index (χ0) is 16.3. The van der Waals surface area contributed by atoms with Gasteiger partial charge in [0, 0.05) is 20.8 Å². The molecule has 0 unspecified atom stereocenters. The highest BCUT2D eigenvalue weighted by Gasteiger charge is 2.18. The first-order chi connectivity index (χ1) is 10.4. The molecule has 0 spiro atoms. The maximum Gasteiger partial charge on any atom is 0.308 e. The summed E-state index contributed by atoms with van der Waals surface area (Å²) >= 11 is 4.56. The summed E-state index contributed by atoms with van der Waals surface area (Å²) in [6.45, 7) is 3.58. The zero-order valence-electron chi connectivity index (χ0n) is 12.1. The highest BCUT2D eigenvalue weighted by Crippen LogP contribution is 2.32. The Kier molecular flexibility index (Phi) is 5.31. The molecule has 0 fully saturated rings. The zero-order valence-corrected chi connectivity index (χ0v) is 14.5. The molecular weight excluding hydrogens is 368 g/mol. The third-order valence-corrected chi connectivity index (χ3v) is 4.38. The number of rotatable bonds is 5. The number of anilines is 1. The fraction of sp³-hybridized carbons (Fsp3) is 0.267. The van der Waals surface area contributed by atoms with Gasteiger partial charge in [-0.3, -0.25) is 9.59 Å². The third-order valence-electron chi connectivity index (χ3n) is 2.88. The summed E-state index contributed by atoms with van der Waals surface area (Å²) < 4.78 is 0.930. The Morgan fingerprint density at radius 2 is 1.95 bits per heavy atom. The lowest BCUT2D eigenvalue weighted by Gasteiger charge is -2.03. The Labute approximate surface area is 140 Å².